The van der Waals surface area contributed by atoms with Crippen molar-refractivity contribution in [2.24, 2.45) is 5.73 Å². The molecule has 0 aliphatic carbocycles. The van der Waals surface area contributed by atoms with Crippen LogP contribution in [-0.4, -0.2) is 37.8 Å². The van der Waals surface area contributed by atoms with Gasteiger partial charge >= 0.3 is 5.97 Å². The first-order valence-corrected chi connectivity index (χ1v) is 5.48. The van der Waals surface area contributed by atoms with E-state index in [1.165, 1.54) is 25.3 Å². The lowest BCUT2D eigenvalue weighted by atomic mass is 10.2. The summed E-state index contributed by atoms with van der Waals surface area (Å²) in [6.45, 7) is 0.396. The molecule has 0 aromatic heterocycles. The topological polar surface area (TPSA) is 75.8 Å². The Bertz CT molecular complexity index is 426. The fourth-order valence-electron chi connectivity index (χ4n) is 1.54. The summed E-state index contributed by atoms with van der Waals surface area (Å²) in [6, 6.07) is 3.25. The minimum atomic E-state index is -1.05. The molecule has 1 unspecified atom stereocenters. The van der Waals surface area contributed by atoms with Gasteiger partial charge in [-0.1, -0.05) is 0 Å². The molecule has 0 saturated carbocycles. The van der Waals surface area contributed by atoms with Crippen molar-refractivity contribution < 1.29 is 19.0 Å². The number of ether oxygens (including phenoxy) is 1. The SMILES string of the molecule is COc1ccc(F)cc1N(C)CCC(N)C(=O)O. The zero-order chi connectivity index (χ0) is 13.7. The normalized spacial score (nSPS) is 12.0. The Hall–Kier alpha value is -1.82. The van der Waals surface area contributed by atoms with Crippen molar-refractivity contribution in [1.29, 1.82) is 0 Å². The number of benzene rings is 1. The van der Waals surface area contributed by atoms with Gasteiger partial charge in [0.25, 0.3) is 0 Å². The molecule has 0 radical (unpaired) electrons. The third kappa shape index (κ3) is 3.59. The van der Waals surface area contributed by atoms with Gasteiger partial charge in [-0.25, -0.2) is 4.39 Å². The van der Waals surface area contributed by atoms with Gasteiger partial charge in [-0.05, 0) is 18.6 Å². The van der Waals surface area contributed by atoms with E-state index in [-0.39, 0.29) is 12.2 Å². The van der Waals surface area contributed by atoms with Crippen LogP contribution < -0.4 is 15.4 Å². The number of nitrogens with two attached hydrogens (primary N) is 1. The number of rotatable bonds is 6. The average Bonchev–Trinajstić information content (AvgIpc) is 2.35. The Morgan fingerprint density at radius 2 is 2.28 bits per heavy atom. The molecule has 18 heavy (non-hydrogen) atoms. The van der Waals surface area contributed by atoms with Crippen molar-refractivity contribution in [2.45, 2.75) is 12.5 Å². The van der Waals surface area contributed by atoms with Gasteiger partial charge in [0.2, 0.25) is 0 Å². The van der Waals surface area contributed by atoms with Crippen LogP contribution in [0.2, 0.25) is 0 Å². The molecule has 0 fully saturated rings. The maximum atomic E-state index is 13.2. The largest absolute Gasteiger partial charge is 0.495 e. The van der Waals surface area contributed by atoms with Gasteiger partial charge in [0, 0.05) is 19.7 Å². The molecule has 1 atom stereocenters. The van der Waals surface area contributed by atoms with Crippen LogP contribution in [0.25, 0.3) is 0 Å². The second kappa shape index (κ2) is 6.20. The third-order valence-electron chi connectivity index (χ3n) is 2.64. The molecule has 0 heterocycles. The molecule has 1 aromatic rings. The first-order chi connectivity index (χ1) is 8.45. The Morgan fingerprint density at radius 3 is 2.83 bits per heavy atom. The van der Waals surface area contributed by atoms with Crippen LogP contribution in [0.3, 0.4) is 0 Å². The molecule has 5 nitrogen and oxygen atoms in total. The van der Waals surface area contributed by atoms with Crippen LogP contribution in [0, 0.1) is 5.82 Å². The summed E-state index contributed by atoms with van der Waals surface area (Å²) in [4.78, 5) is 12.3. The number of hydrogen-bond donors (Lipinski definition) is 2. The zero-order valence-electron chi connectivity index (χ0n) is 10.4. The fraction of sp³-hybridized carbons (Fsp3) is 0.417. The maximum absolute atomic E-state index is 13.2. The van der Waals surface area contributed by atoms with Crippen molar-refractivity contribution in [2.75, 3.05) is 25.6 Å². The summed E-state index contributed by atoms with van der Waals surface area (Å²) in [5, 5.41) is 8.68. The van der Waals surface area contributed by atoms with E-state index in [1.54, 1.807) is 11.9 Å². The lowest BCUT2D eigenvalue weighted by molar-refractivity contribution is -0.138. The molecule has 100 valence electrons. The average molecular weight is 256 g/mol. The lowest BCUT2D eigenvalue weighted by Gasteiger charge is -2.22. The van der Waals surface area contributed by atoms with Crippen molar-refractivity contribution in [3.05, 3.63) is 24.0 Å². The maximum Gasteiger partial charge on any atom is 0.320 e. The monoisotopic (exact) mass is 256 g/mol. The Morgan fingerprint density at radius 1 is 1.61 bits per heavy atom. The minimum Gasteiger partial charge on any atom is -0.495 e. The molecule has 0 spiro atoms. The van der Waals surface area contributed by atoms with Gasteiger partial charge in [-0.2, -0.15) is 0 Å². The zero-order valence-corrected chi connectivity index (χ0v) is 10.4. The number of halogens is 1. The smallest absolute Gasteiger partial charge is 0.320 e. The number of anilines is 1. The van der Waals surface area contributed by atoms with Gasteiger partial charge in [0.05, 0.1) is 12.8 Å². The Kier molecular flexibility index (Phi) is 4.91. The van der Waals surface area contributed by atoms with Gasteiger partial charge in [0.1, 0.15) is 17.6 Å². The molecular weight excluding hydrogens is 239 g/mol. The van der Waals surface area contributed by atoms with E-state index in [1.807, 2.05) is 0 Å². The highest BCUT2D eigenvalue weighted by molar-refractivity contribution is 5.73. The van der Waals surface area contributed by atoms with E-state index in [2.05, 4.69) is 0 Å². The Labute approximate surface area is 105 Å². The standard InChI is InChI=1S/C12H17FN2O3/c1-15(6-5-9(14)12(16)17)10-7-8(13)3-4-11(10)18-2/h3-4,7,9H,5-6,14H2,1-2H3,(H,16,17). The van der Waals surface area contributed by atoms with Gasteiger partial charge < -0.3 is 20.5 Å². The number of nitrogens with zero attached hydrogens (tertiary/aromatic N) is 1. The van der Waals surface area contributed by atoms with Gasteiger partial charge in [0.15, 0.2) is 0 Å². The van der Waals surface area contributed by atoms with E-state index in [0.29, 0.717) is 18.0 Å². The van der Waals surface area contributed by atoms with Crippen molar-refractivity contribution in [3.63, 3.8) is 0 Å². The van der Waals surface area contributed by atoms with E-state index in [9.17, 15) is 9.18 Å². The van der Waals surface area contributed by atoms with E-state index < -0.39 is 12.0 Å². The molecule has 3 N–H and O–H groups in total. The number of carboxylic acids is 1. The van der Waals surface area contributed by atoms with Crippen LogP contribution in [0.15, 0.2) is 18.2 Å². The predicted octanol–water partition coefficient (Wildman–Crippen LogP) is 1.07. The molecule has 0 saturated heterocycles. The number of aliphatic carboxylic acids is 1. The van der Waals surface area contributed by atoms with Crippen LogP contribution in [0.5, 0.6) is 5.75 Å². The van der Waals surface area contributed by atoms with Crippen LogP contribution in [0.4, 0.5) is 10.1 Å². The molecule has 6 heteroatoms. The van der Waals surface area contributed by atoms with Gasteiger partial charge in [-0.3, -0.25) is 4.79 Å². The first kappa shape index (κ1) is 14.2. The summed E-state index contributed by atoms with van der Waals surface area (Å²) >= 11 is 0. The molecule has 1 aromatic carbocycles. The molecule has 0 amide bonds. The molecule has 0 aliphatic rings. The second-order valence-corrected chi connectivity index (χ2v) is 3.97. The highest BCUT2D eigenvalue weighted by Crippen LogP contribution is 2.28. The number of carbonyl (C=O) groups is 1. The van der Waals surface area contributed by atoms with E-state index >= 15 is 0 Å². The molecular formula is C12H17FN2O3. The quantitative estimate of drug-likeness (QED) is 0.796. The number of carboxylic acid groups (broad SMARTS) is 1. The Balaban J connectivity index is 2.74. The summed E-state index contributed by atoms with van der Waals surface area (Å²) < 4.78 is 18.3. The van der Waals surface area contributed by atoms with E-state index in [4.69, 9.17) is 15.6 Å². The predicted molar refractivity (Wildman–Crippen MR) is 66.5 cm³/mol. The molecule has 0 aliphatic heterocycles. The minimum absolute atomic E-state index is 0.269. The lowest BCUT2D eigenvalue weighted by Crippen LogP contribution is -2.34. The highest BCUT2D eigenvalue weighted by Gasteiger charge is 2.14. The van der Waals surface area contributed by atoms with Crippen LogP contribution in [-0.2, 0) is 4.79 Å². The van der Waals surface area contributed by atoms with Crippen LogP contribution >= 0.6 is 0 Å². The number of hydrogen-bond acceptors (Lipinski definition) is 4. The summed E-state index contributed by atoms with van der Waals surface area (Å²) in [7, 11) is 3.22. The van der Waals surface area contributed by atoms with E-state index in [0.717, 1.165) is 0 Å². The summed E-state index contributed by atoms with van der Waals surface area (Å²) in [6.07, 6.45) is 0.269. The second-order valence-electron chi connectivity index (χ2n) is 3.97. The van der Waals surface area contributed by atoms with Crippen molar-refractivity contribution in [3.8, 4) is 5.75 Å². The van der Waals surface area contributed by atoms with Crippen LogP contribution in [0.1, 0.15) is 6.42 Å². The summed E-state index contributed by atoms with van der Waals surface area (Å²) in [5.74, 6) is -0.891. The molecule has 1 rings (SSSR count). The first-order valence-electron chi connectivity index (χ1n) is 5.48. The third-order valence-corrected chi connectivity index (χ3v) is 2.64. The fourth-order valence-corrected chi connectivity index (χ4v) is 1.54. The summed E-state index contributed by atoms with van der Waals surface area (Å²) in [5.41, 5.74) is 5.98. The highest BCUT2D eigenvalue weighted by atomic mass is 19.1. The van der Waals surface area contributed by atoms with Crippen molar-refractivity contribution >= 4 is 11.7 Å². The molecule has 0 bridgehead atoms. The number of methoxy groups -OCH3 is 1. The van der Waals surface area contributed by atoms with Crippen molar-refractivity contribution in [1.82, 2.24) is 0 Å². The van der Waals surface area contributed by atoms with Gasteiger partial charge in [-0.15, -0.1) is 0 Å².